The smallest absolute Gasteiger partial charge is 0.256 e. The second kappa shape index (κ2) is 4.28. The van der Waals surface area contributed by atoms with E-state index in [-0.39, 0.29) is 11.9 Å². The van der Waals surface area contributed by atoms with Gasteiger partial charge in [-0.1, -0.05) is 19.1 Å². The minimum Gasteiger partial charge on any atom is -0.758 e. The molecule has 0 radical (unpaired) electrons. The van der Waals surface area contributed by atoms with Crippen LogP contribution in [0.25, 0.3) is 0 Å². The lowest BCUT2D eigenvalue weighted by molar-refractivity contribution is 0.0586. The molecule has 0 spiro atoms. The lowest BCUT2D eigenvalue weighted by atomic mass is 9.92. The van der Waals surface area contributed by atoms with Gasteiger partial charge in [0.1, 0.15) is 0 Å². The SMILES string of the molecule is C[C@@H]1CCN2C(=O)c3ccccc3N([O-])C[C@@H]2C1. The Balaban J connectivity index is 2.01. The largest absolute Gasteiger partial charge is 0.758 e. The molecular formula is C14H17N2O2-. The molecule has 2 aliphatic rings. The van der Waals surface area contributed by atoms with Crippen molar-refractivity contribution in [2.45, 2.75) is 25.8 Å². The summed E-state index contributed by atoms with van der Waals surface area (Å²) in [4.78, 5) is 14.4. The maximum absolute atomic E-state index is 12.5. The number of rotatable bonds is 0. The van der Waals surface area contributed by atoms with E-state index >= 15 is 0 Å². The minimum absolute atomic E-state index is 0.0147. The summed E-state index contributed by atoms with van der Waals surface area (Å²) >= 11 is 0. The molecule has 0 aromatic heterocycles. The second-order valence-electron chi connectivity index (χ2n) is 5.36. The topological polar surface area (TPSA) is 46.6 Å². The highest BCUT2D eigenvalue weighted by Gasteiger charge is 2.34. The van der Waals surface area contributed by atoms with Crippen LogP contribution in [0, 0.1) is 11.1 Å². The van der Waals surface area contributed by atoms with Crippen molar-refractivity contribution in [3.63, 3.8) is 0 Å². The number of para-hydroxylation sites is 1. The summed E-state index contributed by atoms with van der Waals surface area (Å²) in [6.07, 6.45) is 1.96. The molecule has 2 heterocycles. The van der Waals surface area contributed by atoms with Gasteiger partial charge in [-0.25, -0.2) is 0 Å². The average molecular weight is 245 g/mol. The van der Waals surface area contributed by atoms with Crippen LogP contribution in [0.2, 0.25) is 0 Å². The van der Waals surface area contributed by atoms with E-state index in [2.05, 4.69) is 6.92 Å². The van der Waals surface area contributed by atoms with E-state index < -0.39 is 0 Å². The molecule has 0 aliphatic carbocycles. The first kappa shape index (κ1) is 11.5. The van der Waals surface area contributed by atoms with Crippen molar-refractivity contribution in [2.24, 2.45) is 5.92 Å². The molecule has 1 aromatic carbocycles. The number of anilines is 1. The first-order chi connectivity index (χ1) is 8.66. The van der Waals surface area contributed by atoms with Gasteiger partial charge >= 0.3 is 0 Å². The third kappa shape index (κ3) is 1.77. The van der Waals surface area contributed by atoms with Gasteiger partial charge < -0.3 is 15.2 Å². The molecule has 1 aromatic rings. The molecule has 0 unspecified atom stereocenters. The van der Waals surface area contributed by atoms with Gasteiger partial charge in [-0.05, 0) is 30.9 Å². The number of benzene rings is 1. The van der Waals surface area contributed by atoms with Gasteiger partial charge in [0.2, 0.25) is 0 Å². The van der Waals surface area contributed by atoms with E-state index in [0.717, 1.165) is 24.4 Å². The number of hydrogen-bond acceptors (Lipinski definition) is 3. The van der Waals surface area contributed by atoms with Crippen LogP contribution in [0.5, 0.6) is 0 Å². The maximum atomic E-state index is 12.5. The second-order valence-corrected chi connectivity index (χ2v) is 5.36. The van der Waals surface area contributed by atoms with Crippen molar-refractivity contribution < 1.29 is 4.79 Å². The van der Waals surface area contributed by atoms with Crippen molar-refractivity contribution in [2.75, 3.05) is 18.2 Å². The zero-order valence-electron chi connectivity index (χ0n) is 10.5. The molecule has 18 heavy (non-hydrogen) atoms. The van der Waals surface area contributed by atoms with Crippen molar-refractivity contribution in [1.82, 2.24) is 4.90 Å². The summed E-state index contributed by atoms with van der Waals surface area (Å²) in [6.45, 7) is 3.36. The van der Waals surface area contributed by atoms with Crippen LogP contribution in [0.4, 0.5) is 5.69 Å². The van der Waals surface area contributed by atoms with E-state index in [1.54, 1.807) is 12.1 Å². The molecule has 1 amide bonds. The monoisotopic (exact) mass is 245 g/mol. The first-order valence-corrected chi connectivity index (χ1v) is 6.51. The predicted octanol–water partition coefficient (Wildman–Crippen LogP) is 2.25. The normalized spacial score (nSPS) is 27.6. The van der Waals surface area contributed by atoms with Crippen LogP contribution < -0.4 is 5.06 Å². The third-order valence-corrected chi connectivity index (χ3v) is 4.02. The van der Waals surface area contributed by atoms with E-state index in [1.807, 2.05) is 17.0 Å². The number of carbonyl (C=O) groups excluding carboxylic acids is 1. The molecule has 2 aliphatic heterocycles. The van der Waals surface area contributed by atoms with E-state index in [0.29, 0.717) is 23.7 Å². The summed E-state index contributed by atoms with van der Waals surface area (Å²) in [6, 6.07) is 7.18. The van der Waals surface area contributed by atoms with Gasteiger partial charge in [0.25, 0.3) is 5.91 Å². The Hall–Kier alpha value is -1.55. The predicted molar refractivity (Wildman–Crippen MR) is 70.4 cm³/mol. The van der Waals surface area contributed by atoms with Crippen LogP contribution in [0.1, 0.15) is 30.1 Å². The lowest BCUT2D eigenvalue weighted by Gasteiger charge is -2.40. The Bertz CT molecular complexity index is 475. The Morgan fingerprint density at radius 3 is 2.94 bits per heavy atom. The number of nitrogens with zero attached hydrogens (tertiary/aromatic N) is 2. The van der Waals surface area contributed by atoms with Crippen molar-refractivity contribution in [3.8, 4) is 0 Å². The Labute approximate surface area is 107 Å². The van der Waals surface area contributed by atoms with Gasteiger partial charge in [0.15, 0.2) is 0 Å². The number of hydrogen-bond donors (Lipinski definition) is 0. The van der Waals surface area contributed by atoms with E-state index in [4.69, 9.17) is 0 Å². The van der Waals surface area contributed by atoms with Gasteiger partial charge in [0.05, 0.1) is 5.56 Å². The fourth-order valence-corrected chi connectivity index (χ4v) is 3.01. The fraction of sp³-hybridized carbons (Fsp3) is 0.500. The van der Waals surface area contributed by atoms with E-state index in [1.165, 1.54) is 0 Å². The first-order valence-electron chi connectivity index (χ1n) is 6.51. The standard InChI is InChI=1S/C14H17N2O2/c1-10-6-7-15-11(8-10)9-16(18)13-5-3-2-4-12(13)14(15)17/h2-5,10-11H,6-9H2,1H3/q-1/t10-,11+/m1/s1. The number of carbonyl (C=O) groups is 1. The zero-order chi connectivity index (χ0) is 12.7. The zero-order valence-corrected chi connectivity index (χ0v) is 10.5. The average Bonchev–Trinajstić information content (AvgIpc) is 2.47. The molecule has 0 N–H and O–H groups in total. The van der Waals surface area contributed by atoms with Crippen molar-refractivity contribution >= 4 is 11.6 Å². The molecule has 2 atom stereocenters. The number of fused-ring (bicyclic) bond motifs is 2. The highest BCUT2D eigenvalue weighted by Crippen LogP contribution is 2.31. The summed E-state index contributed by atoms with van der Waals surface area (Å²) in [5.74, 6) is 0.606. The third-order valence-electron chi connectivity index (χ3n) is 4.02. The van der Waals surface area contributed by atoms with Gasteiger partial charge in [-0.3, -0.25) is 4.79 Å². The van der Waals surface area contributed by atoms with Crippen LogP contribution in [-0.4, -0.2) is 29.9 Å². The molecule has 96 valence electrons. The van der Waals surface area contributed by atoms with Crippen molar-refractivity contribution in [3.05, 3.63) is 35.0 Å². The highest BCUT2D eigenvalue weighted by molar-refractivity contribution is 6.00. The van der Waals surface area contributed by atoms with Gasteiger partial charge in [-0.2, -0.15) is 0 Å². The molecule has 4 nitrogen and oxygen atoms in total. The Kier molecular flexibility index (Phi) is 2.74. The van der Waals surface area contributed by atoms with E-state index in [9.17, 15) is 10.0 Å². The van der Waals surface area contributed by atoms with Crippen LogP contribution in [0.3, 0.4) is 0 Å². The molecule has 1 fully saturated rings. The molecular weight excluding hydrogens is 228 g/mol. The van der Waals surface area contributed by atoms with Gasteiger partial charge in [0, 0.05) is 24.8 Å². The van der Waals surface area contributed by atoms with Crippen LogP contribution in [-0.2, 0) is 0 Å². The quantitative estimate of drug-likeness (QED) is 0.704. The number of amides is 1. The number of piperidine rings is 1. The lowest BCUT2D eigenvalue weighted by Crippen LogP contribution is -2.48. The molecule has 0 bridgehead atoms. The van der Waals surface area contributed by atoms with Crippen LogP contribution >= 0.6 is 0 Å². The van der Waals surface area contributed by atoms with Crippen LogP contribution in [0.15, 0.2) is 24.3 Å². The van der Waals surface area contributed by atoms with Crippen molar-refractivity contribution in [1.29, 1.82) is 0 Å². The van der Waals surface area contributed by atoms with Gasteiger partial charge in [-0.15, -0.1) is 0 Å². The molecule has 4 heteroatoms. The summed E-state index contributed by atoms with van der Waals surface area (Å²) in [5, 5.41) is 13.1. The number of hydroxylamine groups is 1. The Morgan fingerprint density at radius 1 is 1.33 bits per heavy atom. The Morgan fingerprint density at radius 2 is 2.11 bits per heavy atom. The summed E-state index contributed by atoms with van der Waals surface area (Å²) in [7, 11) is 0. The summed E-state index contributed by atoms with van der Waals surface area (Å²) in [5.41, 5.74) is 1.06. The fourth-order valence-electron chi connectivity index (χ4n) is 3.01. The highest BCUT2D eigenvalue weighted by atomic mass is 16.5. The summed E-state index contributed by atoms with van der Waals surface area (Å²) < 4.78 is 0. The molecule has 1 saturated heterocycles. The minimum atomic E-state index is 0.0147. The molecule has 0 saturated carbocycles. The maximum Gasteiger partial charge on any atom is 0.256 e. The molecule has 3 rings (SSSR count).